The molecule has 1 aromatic heterocycles. The molecule has 0 bridgehead atoms. The standard InChI is InChI=1S/C22H31N3O3S/c1-2-26-13-4-3-11-23-22(24-12-10-19-7-5-16-29-19)25-18-8-9-20-21(17-18)28-15-6-14-27-20/h5,7-9,16-17H,2-4,6,10-15H2,1H3,(H2,23,24,25). The predicted molar refractivity (Wildman–Crippen MR) is 120 cm³/mol. The third-order valence-corrected chi connectivity index (χ3v) is 5.36. The normalized spacial score (nSPS) is 13.8. The molecule has 0 spiro atoms. The first-order chi connectivity index (χ1) is 14.3. The fourth-order valence-electron chi connectivity index (χ4n) is 2.93. The van der Waals surface area contributed by atoms with Gasteiger partial charge in [0.1, 0.15) is 0 Å². The van der Waals surface area contributed by atoms with Crippen LogP contribution < -0.4 is 20.1 Å². The second-order valence-electron chi connectivity index (χ2n) is 6.73. The van der Waals surface area contributed by atoms with Crippen molar-refractivity contribution in [1.82, 2.24) is 5.32 Å². The van der Waals surface area contributed by atoms with Crippen LogP contribution in [0.5, 0.6) is 11.5 Å². The first kappa shape index (κ1) is 21.5. The predicted octanol–water partition coefficient (Wildman–Crippen LogP) is 4.33. The van der Waals surface area contributed by atoms with Gasteiger partial charge in [-0.3, -0.25) is 4.99 Å². The van der Waals surface area contributed by atoms with Gasteiger partial charge in [0, 0.05) is 49.4 Å². The van der Waals surface area contributed by atoms with Crippen molar-refractivity contribution in [1.29, 1.82) is 0 Å². The number of benzene rings is 1. The van der Waals surface area contributed by atoms with Crippen molar-refractivity contribution in [2.45, 2.75) is 32.6 Å². The lowest BCUT2D eigenvalue weighted by molar-refractivity contribution is 0.144. The SMILES string of the molecule is CCOCCCCN=C(NCCc1cccs1)Nc1ccc2c(c1)OCCCO2. The van der Waals surface area contributed by atoms with Gasteiger partial charge in [0.05, 0.1) is 13.2 Å². The zero-order valence-corrected chi connectivity index (χ0v) is 17.9. The topological polar surface area (TPSA) is 64.1 Å². The Morgan fingerprint density at radius 3 is 2.90 bits per heavy atom. The fraction of sp³-hybridized carbons (Fsp3) is 0.500. The summed E-state index contributed by atoms with van der Waals surface area (Å²) >= 11 is 1.78. The molecule has 0 saturated carbocycles. The summed E-state index contributed by atoms with van der Waals surface area (Å²) in [4.78, 5) is 6.10. The van der Waals surface area contributed by atoms with Gasteiger partial charge >= 0.3 is 0 Å². The van der Waals surface area contributed by atoms with Crippen molar-refractivity contribution in [3.8, 4) is 11.5 Å². The van der Waals surface area contributed by atoms with E-state index in [0.29, 0.717) is 13.2 Å². The first-order valence-electron chi connectivity index (χ1n) is 10.4. The van der Waals surface area contributed by atoms with Crippen LogP contribution in [0.15, 0.2) is 40.7 Å². The maximum atomic E-state index is 5.80. The van der Waals surface area contributed by atoms with Gasteiger partial charge < -0.3 is 24.8 Å². The quantitative estimate of drug-likeness (QED) is 0.342. The third-order valence-electron chi connectivity index (χ3n) is 4.43. The lowest BCUT2D eigenvalue weighted by Gasteiger charge is -2.14. The molecule has 0 aliphatic carbocycles. The summed E-state index contributed by atoms with van der Waals surface area (Å²) in [6.45, 7) is 6.54. The maximum absolute atomic E-state index is 5.80. The van der Waals surface area contributed by atoms with Crippen LogP contribution in [0.1, 0.15) is 31.1 Å². The molecule has 1 aliphatic heterocycles. The monoisotopic (exact) mass is 417 g/mol. The number of fused-ring (bicyclic) bond motifs is 1. The van der Waals surface area contributed by atoms with E-state index < -0.39 is 0 Å². The van der Waals surface area contributed by atoms with Crippen LogP contribution in [0.2, 0.25) is 0 Å². The Labute approximate surface area is 177 Å². The second kappa shape index (κ2) is 12.3. The number of thiophene rings is 1. The van der Waals surface area contributed by atoms with Gasteiger partial charge in [-0.1, -0.05) is 6.07 Å². The van der Waals surface area contributed by atoms with Crippen molar-refractivity contribution in [2.24, 2.45) is 4.99 Å². The average Bonchev–Trinajstić information content (AvgIpc) is 3.14. The molecular weight excluding hydrogens is 386 g/mol. The highest BCUT2D eigenvalue weighted by Gasteiger charge is 2.11. The first-order valence-corrected chi connectivity index (χ1v) is 11.3. The molecule has 0 fully saturated rings. The van der Waals surface area contributed by atoms with Gasteiger partial charge in [-0.05, 0) is 49.8 Å². The molecule has 2 N–H and O–H groups in total. The van der Waals surface area contributed by atoms with Gasteiger partial charge in [-0.2, -0.15) is 0 Å². The highest BCUT2D eigenvalue weighted by Crippen LogP contribution is 2.32. The van der Waals surface area contributed by atoms with Crippen molar-refractivity contribution in [2.75, 3.05) is 44.8 Å². The Balaban J connectivity index is 1.57. The van der Waals surface area contributed by atoms with Crippen molar-refractivity contribution >= 4 is 23.0 Å². The molecule has 158 valence electrons. The Morgan fingerprint density at radius 1 is 1.17 bits per heavy atom. The molecule has 7 heteroatoms. The Hall–Kier alpha value is -2.25. The molecule has 0 unspecified atom stereocenters. The molecule has 3 rings (SSSR count). The number of hydrogen-bond acceptors (Lipinski definition) is 5. The third kappa shape index (κ3) is 7.59. The molecule has 0 saturated heterocycles. The van der Waals surface area contributed by atoms with Crippen molar-refractivity contribution in [3.05, 3.63) is 40.6 Å². The Bertz CT molecular complexity index is 750. The van der Waals surface area contributed by atoms with Crippen molar-refractivity contribution in [3.63, 3.8) is 0 Å². The Kier molecular flexibility index (Phi) is 9.13. The Morgan fingerprint density at radius 2 is 2.07 bits per heavy atom. The van der Waals surface area contributed by atoms with Crippen molar-refractivity contribution < 1.29 is 14.2 Å². The number of guanidine groups is 1. The average molecular weight is 418 g/mol. The van der Waals surface area contributed by atoms with Crippen LogP contribution >= 0.6 is 11.3 Å². The van der Waals surface area contributed by atoms with E-state index in [0.717, 1.165) is 75.1 Å². The zero-order valence-electron chi connectivity index (χ0n) is 17.1. The molecule has 0 amide bonds. The highest BCUT2D eigenvalue weighted by molar-refractivity contribution is 7.09. The molecule has 0 radical (unpaired) electrons. The van der Waals surface area contributed by atoms with Crippen LogP contribution in [-0.2, 0) is 11.2 Å². The largest absolute Gasteiger partial charge is 0.490 e. The van der Waals surface area contributed by atoms with E-state index >= 15 is 0 Å². The van der Waals surface area contributed by atoms with E-state index in [4.69, 9.17) is 19.2 Å². The van der Waals surface area contributed by atoms with Gasteiger partial charge in [-0.15, -0.1) is 11.3 Å². The van der Waals surface area contributed by atoms with E-state index in [1.807, 2.05) is 25.1 Å². The van der Waals surface area contributed by atoms with E-state index in [9.17, 15) is 0 Å². The summed E-state index contributed by atoms with van der Waals surface area (Å²) in [5.74, 6) is 2.36. The molecular formula is C22H31N3O3S. The summed E-state index contributed by atoms with van der Waals surface area (Å²) in [5, 5.41) is 8.96. The smallest absolute Gasteiger partial charge is 0.195 e. The molecule has 6 nitrogen and oxygen atoms in total. The summed E-state index contributed by atoms with van der Waals surface area (Å²) in [6.07, 6.45) is 3.89. The fourth-order valence-corrected chi connectivity index (χ4v) is 3.64. The lowest BCUT2D eigenvalue weighted by Crippen LogP contribution is -2.32. The van der Waals surface area contributed by atoms with Crippen LogP contribution in [-0.4, -0.2) is 45.5 Å². The van der Waals surface area contributed by atoms with Gasteiger partial charge in [0.15, 0.2) is 17.5 Å². The minimum Gasteiger partial charge on any atom is -0.490 e. The summed E-state index contributed by atoms with van der Waals surface area (Å²) in [5.41, 5.74) is 0.936. The zero-order chi connectivity index (χ0) is 20.2. The van der Waals surface area contributed by atoms with Gasteiger partial charge in [0.25, 0.3) is 0 Å². The molecule has 2 aromatic rings. The number of rotatable bonds is 10. The van der Waals surface area contributed by atoms with Crippen LogP contribution in [0.3, 0.4) is 0 Å². The van der Waals surface area contributed by atoms with Gasteiger partial charge in [-0.25, -0.2) is 0 Å². The van der Waals surface area contributed by atoms with E-state index in [-0.39, 0.29) is 0 Å². The number of ether oxygens (including phenoxy) is 3. The van der Waals surface area contributed by atoms with E-state index in [1.165, 1.54) is 4.88 Å². The highest BCUT2D eigenvalue weighted by atomic mass is 32.1. The number of unbranched alkanes of at least 4 members (excludes halogenated alkanes) is 1. The summed E-state index contributed by atoms with van der Waals surface area (Å²) in [6, 6.07) is 10.2. The summed E-state index contributed by atoms with van der Waals surface area (Å²) < 4.78 is 16.9. The minimum absolute atomic E-state index is 0.677. The van der Waals surface area contributed by atoms with Gasteiger partial charge in [0.2, 0.25) is 0 Å². The second-order valence-corrected chi connectivity index (χ2v) is 7.76. The molecule has 1 aromatic carbocycles. The number of hydrogen-bond donors (Lipinski definition) is 2. The molecule has 0 atom stereocenters. The number of nitrogens with one attached hydrogen (secondary N) is 2. The molecule has 29 heavy (non-hydrogen) atoms. The van der Waals surface area contributed by atoms with E-state index in [2.05, 4.69) is 28.1 Å². The minimum atomic E-state index is 0.677. The number of nitrogens with zero attached hydrogens (tertiary/aromatic N) is 1. The lowest BCUT2D eigenvalue weighted by atomic mass is 10.2. The van der Waals surface area contributed by atoms with E-state index in [1.54, 1.807) is 11.3 Å². The van der Waals surface area contributed by atoms with Crippen LogP contribution in [0.4, 0.5) is 5.69 Å². The molecule has 1 aliphatic rings. The maximum Gasteiger partial charge on any atom is 0.195 e. The number of aliphatic imine (C=N–C) groups is 1. The van der Waals surface area contributed by atoms with Crippen LogP contribution in [0, 0.1) is 0 Å². The number of anilines is 1. The van der Waals surface area contributed by atoms with Crippen LogP contribution in [0.25, 0.3) is 0 Å². The summed E-state index contributed by atoms with van der Waals surface area (Å²) in [7, 11) is 0. The molecule has 2 heterocycles.